The smallest absolute Gasteiger partial charge is 0.260 e. The fourth-order valence-corrected chi connectivity index (χ4v) is 2.12. The van der Waals surface area contributed by atoms with E-state index in [9.17, 15) is 0 Å². The van der Waals surface area contributed by atoms with Crippen LogP contribution in [0.3, 0.4) is 0 Å². The Hall–Kier alpha value is -1.78. The Bertz CT molecular complexity index is 518. The Labute approximate surface area is 99.6 Å². The summed E-state index contributed by atoms with van der Waals surface area (Å²) in [5.41, 5.74) is 6.44. The highest BCUT2D eigenvalue weighted by Crippen LogP contribution is 2.29. The highest BCUT2D eigenvalue weighted by Gasteiger charge is 2.17. The molecule has 2 heterocycles. The third kappa shape index (κ3) is 2.05. The second-order valence-electron chi connectivity index (χ2n) is 4.56. The summed E-state index contributed by atoms with van der Waals surface area (Å²) >= 11 is 0. The minimum absolute atomic E-state index is 0.453. The van der Waals surface area contributed by atoms with Crippen molar-refractivity contribution in [1.29, 1.82) is 0 Å². The van der Waals surface area contributed by atoms with E-state index in [1.54, 1.807) is 12.4 Å². The van der Waals surface area contributed by atoms with Crippen LogP contribution in [0.1, 0.15) is 25.7 Å². The van der Waals surface area contributed by atoms with E-state index in [2.05, 4.69) is 9.97 Å². The number of anilines is 1. The quantitative estimate of drug-likeness (QED) is 0.874. The van der Waals surface area contributed by atoms with Gasteiger partial charge >= 0.3 is 0 Å². The number of hydrogen-bond acceptors (Lipinski definition) is 4. The molecule has 17 heavy (non-hydrogen) atoms. The first-order valence-corrected chi connectivity index (χ1v) is 6.05. The number of imidazole rings is 1. The topological polar surface area (TPSA) is 65.4 Å². The maximum Gasteiger partial charge on any atom is 0.260 e. The molecule has 0 aliphatic heterocycles. The highest BCUT2D eigenvalue weighted by atomic mass is 16.5. The van der Waals surface area contributed by atoms with Crippen LogP contribution in [-0.4, -0.2) is 21.0 Å². The van der Waals surface area contributed by atoms with Gasteiger partial charge in [0.25, 0.3) is 5.88 Å². The van der Waals surface area contributed by atoms with E-state index >= 15 is 0 Å². The fourth-order valence-electron chi connectivity index (χ4n) is 2.12. The molecule has 0 aromatic carbocycles. The summed E-state index contributed by atoms with van der Waals surface area (Å²) in [4.78, 5) is 8.40. The summed E-state index contributed by atoms with van der Waals surface area (Å²) in [6.07, 6.45) is 10.4. The number of nitrogen functional groups attached to an aromatic ring is 1. The molecule has 5 nitrogen and oxygen atoms in total. The van der Waals surface area contributed by atoms with Gasteiger partial charge in [-0.3, -0.25) is 4.40 Å². The lowest BCUT2D eigenvalue weighted by Gasteiger charge is -2.24. The minimum Gasteiger partial charge on any atom is -0.475 e. The Kier molecular flexibility index (Phi) is 2.59. The van der Waals surface area contributed by atoms with E-state index in [0.29, 0.717) is 18.3 Å². The second kappa shape index (κ2) is 4.24. The number of nitrogens with two attached hydrogens (primary N) is 1. The Morgan fingerprint density at radius 1 is 1.47 bits per heavy atom. The van der Waals surface area contributed by atoms with E-state index < -0.39 is 0 Å². The van der Waals surface area contributed by atoms with Crippen molar-refractivity contribution in [3.8, 4) is 5.88 Å². The molecule has 1 fully saturated rings. The summed E-state index contributed by atoms with van der Waals surface area (Å²) in [6, 6.07) is 0. The van der Waals surface area contributed by atoms with Gasteiger partial charge in [0.1, 0.15) is 5.82 Å². The first-order chi connectivity index (χ1) is 8.33. The van der Waals surface area contributed by atoms with Crippen molar-refractivity contribution in [3.05, 3.63) is 18.6 Å². The van der Waals surface area contributed by atoms with Crippen molar-refractivity contribution < 1.29 is 4.74 Å². The zero-order valence-electron chi connectivity index (χ0n) is 9.67. The molecule has 0 spiro atoms. The number of nitrogens with zero attached hydrogens (tertiary/aromatic N) is 3. The van der Waals surface area contributed by atoms with Gasteiger partial charge in [0.15, 0.2) is 0 Å². The average Bonchev–Trinajstić information content (AvgIpc) is 2.69. The number of aromatic nitrogens is 3. The molecule has 1 aliphatic rings. The van der Waals surface area contributed by atoms with Crippen LogP contribution in [0.5, 0.6) is 5.88 Å². The second-order valence-corrected chi connectivity index (χ2v) is 4.56. The lowest BCUT2D eigenvalue weighted by Crippen LogP contribution is -2.15. The molecule has 0 bridgehead atoms. The molecule has 90 valence electrons. The lowest BCUT2D eigenvalue weighted by atomic mass is 9.83. The van der Waals surface area contributed by atoms with E-state index in [1.165, 1.54) is 19.3 Å². The van der Waals surface area contributed by atoms with Gasteiger partial charge in [-0.15, -0.1) is 0 Å². The molecule has 2 aromatic heterocycles. The Balaban J connectivity index is 1.72. The molecule has 0 atom stereocenters. The van der Waals surface area contributed by atoms with Crippen LogP contribution >= 0.6 is 0 Å². The average molecular weight is 232 g/mol. The summed E-state index contributed by atoms with van der Waals surface area (Å²) < 4.78 is 7.52. The number of fused-ring (bicyclic) bond motifs is 1. The maximum atomic E-state index is 5.71. The van der Waals surface area contributed by atoms with Gasteiger partial charge in [0.05, 0.1) is 12.8 Å². The predicted molar refractivity (Wildman–Crippen MR) is 64.9 cm³/mol. The molecule has 5 heteroatoms. The van der Waals surface area contributed by atoms with Gasteiger partial charge < -0.3 is 10.5 Å². The van der Waals surface area contributed by atoms with Crippen molar-refractivity contribution >= 4 is 11.5 Å². The van der Waals surface area contributed by atoms with Crippen molar-refractivity contribution in [1.82, 2.24) is 14.4 Å². The van der Waals surface area contributed by atoms with Gasteiger partial charge in [0.2, 0.25) is 5.65 Å². The Morgan fingerprint density at radius 3 is 3.12 bits per heavy atom. The van der Waals surface area contributed by atoms with Crippen molar-refractivity contribution in [2.75, 3.05) is 12.3 Å². The number of ether oxygens (including phenoxy) is 1. The molecule has 3 rings (SSSR count). The molecule has 0 unspecified atom stereocenters. The van der Waals surface area contributed by atoms with Crippen LogP contribution in [-0.2, 0) is 0 Å². The van der Waals surface area contributed by atoms with Crippen LogP contribution in [0.25, 0.3) is 5.65 Å². The SMILES string of the molecule is Nc1cn2ccnc2c(OCCC2CCC2)n1. The first kappa shape index (κ1) is 10.4. The maximum absolute atomic E-state index is 5.71. The first-order valence-electron chi connectivity index (χ1n) is 6.05. The minimum atomic E-state index is 0.453. The molecule has 0 radical (unpaired) electrons. The summed E-state index contributed by atoms with van der Waals surface area (Å²) in [5.74, 6) is 1.83. The van der Waals surface area contributed by atoms with Crippen LogP contribution in [0.4, 0.5) is 5.82 Å². The van der Waals surface area contributed by atoms with Crippen molar-refractivity contribution in [2.45, 2.75) is 25.7 Å². The zero-order valence-corrected chi connectivity index (χ0v) is 9.67. The number of hydrogen-bond donors (Lipinski definition) is 1. The summed E-state index contributed by atoms with van der Waals surface area (Å²) in [7, 11) is 0. The standard InChI is InChI=1S/C12H16N4O/c13-10-8-16-6-5-14-11(16)12(15-10)17-7-4-9-2-1-3-9/h5-6,8-9H,1-4,7,13H2. The molecular weight excluding hydrogens is 216 g/mol. The third-order valence-corrected chi connectivity index (χ3v) is 3.35. The van der Waals surface area contributed by atoms with Crippen molar-refractivity contribution in [2.24, 2.45) is 5.92 Å². The molecule has 2 N–H and O–H groups in total. The van der Waals surface area contributed by atoms with E-state index in [-0.39, 0.29) is 0 Å². The molecule has 0 amide bonds. The van der Waals surface area contributed by atoms with E-state index in [1.807, 2.05) is 10.6 Å². The number of rotatable bonds is 4. The summed E-state index contributed by atoms with van der Waals surface area (Å²) in [6.45, 7) is 0.698. The molecule has 1 saturated carbocycles. The van der Waals surface area contributed by atoms with Gasteiger partial charge in [-0.25, -0.2) is 4.98 Å². The van der Waals surface area contributed by atoms with Crippen LogP contribution in [0.2, 0.25) is 0 Å². The highest BCUT2D eigenvalue weighted by molar-refractivity contribution is 5.52. The summed E-state index contributed by atoms with van der Waals surface area (Å²) in [5, 5.41) is 0. The van der Waals surface area contributed by atoms with Gasteiger partial charge in [-0.05, 0) is 12.3 Å². The monoisotopic (exact) mass is 232 g/mol. The normalized spacial score (nSPS) is 16.0. The Morgan fingerprint density at radius 2 is 2.35 bits per heavy atom. The molecule has 2 aromatic rings. The zero-order chi connectivity index (χ0) is 11.7. The third-order valence-electron chi connectivity index (χ3n) is 3.35. The lowest BCUT2D eigenvalue weighted by molar-refractivity contribution is 0.218. The van der Waals surface area contributed by atoms with Crippen LogP contribution in [0.15, 0.2) is 18.6 Å². The van der Waals surface area contributed by atoms with Crippen molar-refractivity contribution in [3.63, 3.8) is 0 Å². The van der Waals surface area contributed by atoms with E-state index in [4.69, 9.17) is 10.5 Å². The molecule has 1 aliphatic carbocycles. The van der Waals surface area contributed by atoms with Gasteiger partial charge in [-0.2, -0.15) is 4.98 Å². The molecular formula is C12H16N4O. The van der Waals surface area contributed by atoms with Gasteiger partial charge in [0, 0.05) is 12.4 Å². The van der Waals surface area contributed by atoms with E-state index in [0.717, 1.165) is 18.0 Å². The van der Waals surface area contributed by atoms with Crippen LogP contribution < -0.4 is 10.5 Å². The predicted octanol–water partition coefficient (Wildman–Crippen LogP) is 1.88. The van der Waals surface area contributed by atoms with Gasteiger partial charge in [-0.1, -0.05) is 19.3 Å². The van der Waals surface area contributed by atoms with Crippen LogP contribution in [0, 0.1) is 5.92 Å². The molecule has 0 saturated heterocycles. The largest absolute Gasteiger partial charge is 0.475 e. The fraction of sp³-hybridized carbons (Fsp3) is 0.500.